The number of aromatic nitrogens is 4. The summed E-state index contributed by atoms with van der Waals surface area (Å²) < 4.78 is 1.65. The van der Waals surface area contributed by atoms with Crippen molar-refractivity contribution in [1.29, 1.82) is 0 Å². The Morgan fingerprint density at radius 1 is 1.38 bits per heavy atom. The first-order chi connectivity index (χ1) is 11.5. The van der Waals surface area contributed by atoms with Gasteiger partial charge >= 0.3 is 0 Å². The zero-order chi connectivity index (χ0) is 16.8. The Morgan fingerprint density at radius 3 is 2.96 bits per heavy atom. The first-order valence-corrected chi connectivity index (χ1v) is 9.00. The van der Waals surface area contributed by atoms with E-state index in [2.05, 4.69) is 20.4 Å². The van der Waals surface area contributed by atoms with Crippen LogP contribution in [0.3, 0.4) is 0 Å². The van der Waals surface area contributed by atoms with Gasteiger partial charge in [0, 0.05) is 11.4 Å². The van der Waals surface area contributed by atoms with E-state index in [9.17, 15) is 9.90 Å². The Kier molecular flexibility index (Phi) is 3.73. The molecule has 0 spiro atoms. The molecule has 8 heteroatoms. The largest absolute Gasteiger partial charge is 0.392 e. The third kappa shape index (κ3) is 2.46. The fourth-order valence-electron chi connectivity index (χ4n) is 3.17. The van der Waals surface area contributed by atoms with E-state index in [1.165, 1.54) is 23.3 Å². The van der Waals surface area contributed by atoms with Gasteiger partial charge in [0.25, 0.3) is 5.91 Å². The lowest BCUT2D eigenvalue weighted by molar-refractivity contribution is 0.0914. The predicted octanol–water partition coefficient (Wildman–Crippen LogP) is 1.64. The summed E-state index contributed by atoms with van der Waals surface area (Å²) in [6.45, 7) is 3.67. The number of thiophene rings is 1. The van der Waals surface area contributed by atoms with Gasteiger partial charge in [0.05, 0.1) is 11.5 Å². The van der Waals surface area contributed by atoms with Gasteiger partial charge in [-0.1, -0.05) is 0 Å². The lowest BCUT2D eigenvalue weighted by Gasteiger charge is -2.10. The highest BCUT2D eigenvalue weighted by atomic mass is 32.1. The summed E-state index contributed by atoms with van der Waals surface area (Å²) in [7, 11) is 0. The van der Waals surface area contributed by atoms with E-state index < -0.39 is 6.10 Å². The second kappa shape index (κ2) is 5.78. The highest BCUT2D eigenvalue weighted by Gasteiger charge is 2.23. The van der Waals surface area contributed by atoms with E-state index in [4.69, 9.17) is 0 Å². The maximum absolute atomic E-state index is 12.2. The van der Waals surface area contributed by atoms with Crippen LogP contribution in [0.4, 0.5) is 0 Å². The molecule has 0 aromatic carbocycles. The molecule has 0 saturated heterocycles. The number of hydrogen-bond donors (Lipinski definition) is 2. The molecule has 24 heavy (non-hydrogen) atoms. The smallest absolute Gasteiger partial charge is 0.291 e. The molecule has 3 aromatic heterocycles. The van der Waals surface area contributed by atoms with Crippen LogP contribution in [-0.2, 0) is 12.8 Å². The van der Waals surface area contributed by atoms with Crippen molar-refractivity contribution >= 4 is 33.1 Å². The molecule has 4 rings (SSSR count). The number of nitrogens with one attached hydrogen (secondary N) is 1. The van der Waals surface area contributed by atoms with Crippen LogP contribution in [0.5, 0.6) is 0 Å². The molecule has 3 heterocycles. The number of aryl methyl sites for hydroxylation is 3. The molecule has 0 saturated carbocycles. The van der Waals surface area contributed by atoms with Crippen LogP contribution >= 0.6 is 11.3 Å². The summed E-state index contributed by atoms with van der Waals surface area (Å²) in [4.78, 5) is 23.7. The van der Waals surface area contributed by atoms with Crippen LogP contribution in [0.2, 0.25) is 0 Å². The summed E-state index contributed by atoms with van der Waals surface area (Å²) in [5.74, 6) is 0.457. The van der Waals surface area contributed by atoms with E-state index in [0.29, 0.717) is 5.65 Å². The van der Waals surface area contributed by atoms with Gasteiger partial charge in [-0.25, -0.2) is 9.97 Å². The first-order valence-electron chi connectivity index (χ1n) is 8.18. The van der Waals surface area contributed by atoms with E-state index in [1.807, 2.05) is 6.92 Å². The first kappa shape index (κ1) is 15.5. The lowest BCUT2D eigenvalue weighted by atomic mass is 9.97. The van der Waals surface area contributed by atoms with Crippen molar-refractivity contribution < 1.29 is 9.90 Å². The van der Waals surface area contributed by atoms with Crippen LogP contribution in [0.15, 0.2) is 0 Å². The molecule has 0 unspecified atom stereocenters. The molecule has 1 amide bonds. The molecular weight excluding hydrogens is 326 g/mol. The molecule has 126 valence electrons. The van der Waals surface area contributed by atoms with Crippen molar-refractivity contribution in [1.82, 2.24) is 24.9 Å². The minimum absolute atomic E-state index is 0.115. The number of nitrogens with zero attached hydrogens (tertiary/aromatic N) is 4. The highest BCUT2D eigenvalue weighted by Crippen LogP contribution is 2.37. The maximum atomic E-state index is 12.2. The van der Waals surface area contributed by atoms with Crippen LogP contribution in [0.1, 0.15) is 46.6 Å². The van der Waals surface area contributed by atoms with E-state index in [0.717, 1.165) is 28.9 Å². The minimum Gasteiger partial charge on any atom is -0.392 e. The molecule has 1 aliphatic carbocycles. The number of rotatable bonds is 3. The lowest BCUT2D eigenvalue weighted by Crippen LogP contribution is -2.31. The second-order valence-corrected chi connectivity index (χ2v) is 7.36. The van der Waals surface area contributed by atoms with Crippen molar-refractivity contribution in [2.24, 2.45) is 0 Å². The summed E-state index contributed by atoms with van der Waals surface area (Å²) in [6, 6.07) is 0. The number of aliphatic hydroxyl groups is 1. The average Bonchev–Trinajstić information content (AvgIpc) is 3.13. The Balaban J connectivity index is 1.86. The van der Waals surface area contributed by atoms with Gasteiger partial charge in [0.15, 0.2) is 5.65 Å². The van der Waals surface area contributed by atoms with E-state index in [-0.39, 0.29) is 18.3 Å². The monoisotopic (exact) mass is 345 g/mol. The van der Waals surface area contributed by atoms with E-state index in [1.54, 1.807) is 22.8 Å². The predicted molar refractivity (Wildman–Crippen MR) is 91.6 cm³/mol. The summed E-state index contributed by atoms with van der Waals surface area (Å²) in [5, 5.41) is 17.3. The SMILES string of the molecule is Cc1nc2sc3c(c2c2nc(C(=O)NC[C@@H](C)O)nn12)CCCC3. The summed E-state index contributed by atoms with van der Waals surface area (Å²) in [6.07, 6.45) is 3.91. The Labute approximate surface area is 142 Å². The average molecular weight is 345 g/mol. The minimum atomic E-state index is -0.606. The number of fused-ring (bicyclic) bond motifs is 5. The van der Waals surface area contributed by atoms with Gasteiger partial charge < -0.3 is 10.4 Å². The van der Waals surface area contributed by atoms with Crippen LogP contribution < -0.4 is 5.32 Å². The molecule has 1 aliphatic rings. The molecule has 0 radical (unpaired) electrons. The third-order valence-electron chi connectivity index (χ3n) is 4.31. The number of amides is 1. The van der Waals surface area contributed by atoms with Crippen LogP contribution in [-0.4, -0.2) is 43.2 Å². The quantitative estimate of drug-likeness (QED) is 0.753. The molecule has 3 aromatic rings. The van der Waals surface area contributed by atoms with Gasteiger partial charge in [0.1, 0.15) is 10.7 Å². The van der Waals surface area contributed by atoms with Gasteiger partial charge in [-0.2, -0.15) is 4.52 Å². The molecular formula is C16H19N5O2S. The summed E-state index contributed by atoms with van der Waals surface area (Å²) in [5.41, 5.74) is 2.03. The Morgan fingerprint density at radius 2 is 2.17 bits per heavy atom. The van der Waals surface area contributed by atoms with E-state index >= 15 is 0 Å². The topological polar surface area (TPSA) is 92.4 Å². The third-order valence-corrected chi connectivity index (χ3v) is 5.50. The normalized spacial score (nSPS) is 15.6. The van der Waals surface area contributed by atoms with Crippen molar-refractivity contribution in [2.75, 3.05) is 6.54 Å². The number of aliphatic hydroxyl groups excluding tert-OH is 1. The van der Waals surface area contributed by atoms with Gasteiger partial charge in [-0.15, -0.1) is 16.4 Å². The number of carbonyl (C=O) groups excluding carboxylic acids is 1. The molecule has 0 fully saturated rings. The molecule has 2 N–H and O–H groups in total. The fraction of sp³-hybridized carbons (Fsp3) is 0.500. The van der Waals surface area contributed by atoms with Crippen LogP contribution in [0, 0.1) is 6.92 Å². The van der Waals surface area contributed by atoms with Gasteiger partial charge in [-0.05, 0) is 45.1 Å². The Hall–Kier alpha value is -2.06. The molecule has 0 bridgehead atoms. The van der Waals surface area contributed by atoms with Crippen molar-refractivity contribution in [3.05, 3.63) is 22.1 Å². The highest BCUT2D eigenvalue weighted by molar-refractivity contribution is 7.19. The molecule has 0 aliphatic heterocycles. The number of carbonyl (C=O) groups is 1. The van der Waals surface area contributed by atoms with Crippen molar-refractivity contribution in [2.45, 2.75) is 45.6 Å². The Bertz CT molecular complexity index is 943. The van der Waals surface area contributed by atoms with Gasteiger partial charge in [0.2, 0.25) is 5.82 Å². The zero-order valence-electron chi connectivity index (χ0n) is 13.7. The zero-order valence-corrected chi connectivity index (χ0v) is 14.5. The fourth-order valence-corrected chi connectivity index (χ4v) is 4.47. The molecule has 7 nitrogen and oxygen atoms in total. The van der Waals surface area contributed by atoms with Crippen molar-refractivity contribution in [3.8, 4) is 0 Å². The standard InChI is InChI=1S/C16H19N5O2S/c1-8(22)7-17-15(23)13-19-14-12-10-5-3-4-6-11(10)24-16(12)18-9(2)21(14)20-13/h8,22H,3-7H2,1-2H3,(H,17,23)/t8-/m1/s1. The van der Waals surface area contributed by atoms with Gasteiger partial charge in [-0.3, -0.25) is 4.79 Å². The maximum Gasteiger partial charge on any atom is 0.291 e. The summed E-state index contributed by atoms with van der Waals surface area (Å²) >= 11 is 1.73. The number of hydrogen-bond acceptors (Lipinski definition) is 6. The molecule has 1 atom stereocenters. The van der Waals surface area contributed by atoms with Crippen LogP contribution in [0.25, 0.3) is 15.9 Å². The second-order valence-electron chi connectivity index (χ2n) is 6.28. The van der Waals surface area contributed by atoms with Crippen molar-refractivity contribution in [3.63, 3.8) is 0 Å².